The van der Waals surface area contributed by atoms with Gasteiger partial charge < -0.3 is 0 Å². The van der Waals surface area contributed by atoms with E-state index in [1.165, 1.54) is 0 Å². The summed E-state index contributed by atoms with van der Waals surface area (Å²) >= 11 is 0. The van der Waals surface area contributed by atoms with E-state index < -0.39 is 5.92 Å². The molecule has 0 unspecified atom stereocenters. The molecule has 1 aliphatic carbocycles. The molecule has 1 aliphatic rings. The van der Waals surface area contributed by atoms with Crippen LogP contribution in [0.4, 0.5) is 0 Å². The van der Waals surface area contributed by atoms with Crippen molar-refractivity contribution in [2.75, 3.05) is 0 Å². The quantitative estimate of drug-likeness (QED) is 0.658. The number of benzene rings is 1. The van der Waals surface area contributed by atoms with Crippen LogP contribution in [-0.2, 0) is 0 Å². The van der Waals surface area contributed by atoms with Gasteiger partial charge in [-0.15, -0.1) is 0 Å². The molecule has 0 aliphatic heterocycles. The largest absolute Gasteiger partial charge is 0.292 e. The molecule has 0 bridgehead atoms. The Balaban J connectivity index is 1.79. The fourth-order valence-electron chi connectivity index (χ4n) is 3.25. The van der Waals surface area contributed by atoms with Crippen LogP contribution in [0.15, 0.2) is 54.9 Å². The molecule has 3 aromatic rings. The number of Topliss-reactive ketones (excluding diaryl/α,β-unsaturated/α-hetero) is 1. The maximum Gasteiger partial charge on any atom is 0.189 e. The van der Waals surface area contributed by atoms with Gasteiger partial charge in [-0.1, -0.05) is 24.3 Å². The van der Waals surface area contributed by atoms with Gasteiger partial charge in [-0.05, 0) is 43.5 Å². The highest BCUT2D eigenvalue weighted by Crippen LogP contribution is 2.43. The van der Waals surface area contributed by atoms with Crippen LogP contribution in [0.3, 0.4) is 0 Å². The van der Waals surface area contributed by atoms with Gasteiger partial charge in [0.15, 0.2) is 11.7 Å². The van der Waals surface area contributed by atoms with Crippen molar-refractivity contribution in [1.82, 2.24) is 14.8 Å². The van der Waals surface area contributed by atoms with E-state index in [9.17, 15) is 10.1 Å². The number of aromatic nitrogens is 3. The molecule has 4 rings (SSSR count). The van der Waals surface area contributed by atoms with Gasteiger partial charge in [-0.25, -0.2) is 4.68 Å². The number of hydrogen-bond acceptors (Lipinski definition) is 4. The Bertz CT molecular complexity index is 996. The second-order valence-electron chi connectivity index (χ2n) is 6.60. The molecule has 0 amide bonds. The van der Waals surface area contributed by atoms with Crippen LogP contribution in [0.2, 0.25) is 0 Å². The predicted octanol–water partition coefficient (Wildman–Crippen LogP) is 3.94. The summed E-state index contributed by atoms with van der Waals surface area (Å²) in [5, 5.41) is 14.1. The van der Waals surface area contributed by atoms with Crippen molar-refractivity contribution < 1.29 is 4.79 Å². The average molecular weight is 342 g/mol. The van der Waals surface area contributed by atoms with Crippen LogP contribution in [0.1, 0.15) is 52.0 Å². The Morgan fingerprint density at radius 3 is 2.65 bits per heavy atom. The first-order chi connectivity index (χ1) is 12.7. The van der Waals surface area contributed by atoms with Crippen molar-refractivity contribution >= 4 is 5.78 Å². The Kier molecular flexibility index (Phi) is 4.10. The summed E-state index contributed by atoms with van der Waals surface area (Å²) in [5.74, 6) is -0.824. The Morgan fingerprint density at radius 1 is 1.23 bits per heavy atom. The van der Waals surface area contributed by atoms with E-state index in [4.69, 9.17) is 0 Å². The van der Waals surface area contributed by atoms with Crippen LogP contribution in [0.25, 0.3) is 5.69 Å². The van der Waals surface area contributed by atoms with Gasteiger partial charge in [0.1, 0.15) is 0 Å². The number of ketones is 1. The first-order valence-electron chi connectivity index (χ1n) is 8.69. The molecular formula is C21H18N4O. The van der Waals surface area contributed by atoms with E-state index in [2.05, 4.69) is 16.2 Å². The number of para-hydroxylation sites is 1. The number of hydrogen-bond donors (Lipinski definition) is 0. The molecule has 128 valence electrons. The highest BCUT2D eigenvalue weighted by Gasteiger charge is 2.35. The number of rotatable bonds is 5. The summed E-state index contributed by atoms with van der Waals surface area (Å²) in [6, 6.07) is 15.4. The Labute approximate surface area is 151 Å². The van der Waals surface area contributed by atoms with E-state index in [0.29, 0.717) is 17.2 Å². The molecule has 1 fully saturated rings. The average Bonchev–Trinajstić information content (AvgIpc) is 3.42. The number of nitrogens with zero attached hydrogens (tertiary/aromatic N) is 4. The minimum Gasteiger partial charge on any atom is -0.292 e. The van der Waals surface area contributed by atoms with Crippen molar-refractivity contribution in [2.24, 2.45) is 0 Å². The van der Waals surface area contributed by atoms with Crippen LogP contribution in [-0.4, -0.2) is 20.5 Å². The van der Waals surface area contributed by atoms with Gasteiger partial charge in [0.2, 0.25) is 0 Å². The fourth-order valence-corrected chi connectivity index (χ4v) is 3.25. The number of carbonyl (C=O) groups excluding carboxylic acids is 1. The molecule has 2 heterocycles. The van der Waals surface area contributed by atoms with Crippen molar-refractivity contribution in [1.29, 1.82) is 5.26 Å². The van der Waals surface area contributed by atoms with Crippen LogP contribution in [0, 0.1) is 18.3 Å². The number of carbonyl (C=O) groups is 1. The number of aryl methyl sites for hydroxylation is 1. The van der Waals surface area contributed by atoms with E-state index in [1.807, 2.05) is 35.9 Å². The summed E-state index contributed by atoms with van der Waals surface area (Å²) < 4.78 is 1.87. The van der Waals surface area contributed by atoms with Crippen molar-refractivity contribution in [3.63, 3.8) is 0 Å². The van der Waals surface area contributed by atoms with Crippen LogP contribution in [0.5, 0.6) is 0 Å². The van der Waals surface area contributed by atoms with Gasteiger partial charge in [-0.3, -0.25) is 9.78 Å². The van der Waals surface area contributed by atoms with E-state index in [0.717, 1.165) is 29.8 Å². The van der Waals surface area contributed by atoms with Crippen molar-refractivity contribution in [2.45, 2.75) is 31.6 Å². The lowest BCUT2D eigenvalue weighted by molar-refractivity contribution is 0.0976. The normalized spacial score (nSPS) is 14.6. The van der Waals surface area contributed by atoms with E-state index in [-0.39, 0.29) is 5.78 Å². The SMILES string of the molecule is Cc1ccccc1-n1ncc(C(=O)[C@H](C#N)c2ccccn2)c1C1CC1. The summed E-state index contributed by atoms with van der Waals surface area (Å²) in [6.07, 6.45) is 5.29. The third kappa shape index (κ3) is 2.80. The fraction of sp³-hybridized carbons (Fsp3) is 0.238. The molecule has 2 aromatic heterocycles. The van der Waals surface area contributed by atoms with Crippen molar-refractivity contribution in [3.8, 4) is 11.8 Å². The van der Waals surface area contributed by atoms with Gasteiger partial charge in [0, 0.05) is 12.1 Å². The van der Waals surface area contributed by atoms with Crippen LogP contribution >= 0.6 is 0 Å². The zero-order valence-electron chi connectivity index (χ0n) is 14.5. The molecular weight excluding hydrogens is 324 g/mol. The molecule has 5 heteroatoms. The second-order valence-corrected chi connectivity index (χ2v) is 6.60. The summed E-state index contributed by atoms with van der Waals surface area (Å²) in [6.45, 7) is 2.03. The van der Waals surface area contributed by atoms with Gasteiger partial charge in [-0.2, -0.15) is 10.4 Å². The summed E-state index contributed by atoms with van der Waals surface area (Å²) in [4.78, 5) is 17.3. The minimum atomic E-state index is -0.914. The molecule has 1 saturated carbocycles. The smallest absolute Gasteiger partial charge is 0.189 e. The lowest BCUT2D eigenvalue weighted by Gasteiger charge is -2.12. The first-order valence-corrected chi connectivity index (χ1v) is 8.69. The lowest BCUT2D eigenvalue weighted by atomic mass is 9.94. The Hall–Kier alpha value is -3.26. The molecule has 0 radical (unpaired) electrons. The molecule has 0 saturated heterocycles. The Morgan fingerprint density at radius 2 is 2.00 bits per heavy atom. The van der Waals surface area contributed by atoms with Gasteiger partial charge in [0.25, 0.3) is 0 Å². The topological polar surface area (TPSA) is 71.6 Å². The highest BCUT2D eigenvalue weighted by molar-refractivity contribution is 6.03. The third-order valence-electron chi connectivity index (χ3n) is 4.75. The number of pyridine rings is 1. The van der Waals surface area contributed by atoms with Crippen molar-refractivity contribution in [3.05, 3.63) is 77.4 Å². The molecule has 0 spiro atoms. The standard InChI is InChI=1S/C21H18N4O/c1-14-6-2-3-8-19(14)25-20(15-9-10-15)17(13-24-25)21(26)16(12-22)18-7-4-5-11-23-18/h2-8,11,13,15-16H,9-10H2,1H3/t16-/m1/s1. The van der Waals surface area contributed by atoms with Gasteiger partial charge in [0.05, 0.1) is 34.9 Å². The molecule has 1 aromatic carbocycles. The zero-order valence-corrected chi connectivity index (χ0v) is 14.5. The summed E-state index contributed by atoms with van der Waals surface area (Å²) in [5.41, 5.74) is 4.00. The molecule has 26 heavy (non-hydrogen) atoms. The van der Waals surface area contributed by atoms with Gasteiger partial charge >= 0.3 is 0 Å². The number of nitriles is 1. The zero-order chi connectivity index (χ0) is 18.1. The minimum absolute atomic E-state index is 0.229. The molecule has 1 atom stereocenters. The third-order valence-corrected chi connectivity index (χ3v) is 4.75. The van der Waals surface area contributed by atoms with E-state index in [1.54, 1.807) is 30.6 Å². The lowest BCUT2D eigenvalue weighted by Crippen LogP contribution is -2.14. The maximum absolute atomic E-state index is 13.1. The highest BCUT2D eigenvalue weighted by atomic mass is 16.1. The monoisotopic (exact) mass is 342 g/mol. The summed E-state index contributed by atoms with van der Waals surface area (Å²) in [7, 11) is 0. The van der Waals surface area contributed by atoms with E-state index >= 15 is 0 Å². The maximum atomic E-state index is 13.1. The first kappa shape index (κ1) is 16.2. The second kappa shape index (κ2) is 6.57. The van der Waals surface area contributed by atoms with Crippen LogP contribution < -0.4 is 0 Å². The molecule has 0 N–H and O–H groups in total. The molecule has 5 nitrogen and oxygen atoms in total. The predicted molar refractivity (Wildman–Crippen MR) is 97.2 cm³/mol.